The average Bonchev–Trinajstić information content (AvgIpc) is 2.58. The van der Waals surface area contributed by atoms with Gasteiger partial charge in [0.05, 0.1) is 12.3 Å². The maximum absolute atomic E-state index is 5.52. The normalized spacial score (nSPS) is 14.5. The molecule has 0 aliphatic rings. The van der Waals surface area contributed by atoms with Crippen molar-refractivity contribution in [1.29, 1.82) is 0 Å². The smallest absolute Gasteiger partial charge is 0.122 e. The highest BCUT2D eigenvalue weighted by Crippen LogP contribution is 2.35. The van der Waals surface area contributed by atoms with Crippen LogP contribution in [0.25, 0.3) is 0 Å². The monoisotopic (exact) mass is 182 g/mol. The Kier molecular flexibility index (Phi) is 3.12. The lowest BCUT2D eigenvalue weighted by atomic mass is 9.81. The van der Waals surface area contributed by atoms with E-state index in [9.17, 15) is 0 Å². The zero-order valence-corrected chi connectivity index (χ0v) is 8.50. The standard InChI is InChI=1S/C10H18N2O/c1-4-10(2,3)9(12-11)8-6-5-7-13-8/h5-7,9,12H,4,11H2,1-3H3. The summed E-state index contributed by atoms with van der Waals surface area (Å²) >= 11 is 0. The fourth-order valence-electron chi connectivity index (χ4n) is 1.35. The molecular weight excluding hydrogens is 164 g/mol. The van der Waals surface area contributed by atoms with Crippen LogP contribution in [-0.2, 0) is 0 Å². The summed E-state index contributed by atoms with van der Waals surface area (Å²) in [4.78, 5) is 0. The fourth-order valence-corrected chi connectivity index (χ4v) is 1.35. The Balaban J connectivity index is 2.86. The largest absolute Gasteiger partial charge is 0.468 e. The first-order valence-corrected chi connectivity index (χ1v) is 4.61. The third-order valence-corrected chi connectivity index (χ3v) is 2.69. The topological polar surface area (TPSA) is 51.2 Å². The number of rotatable bonds is 4. The average molecular weight is 182 g/mol. The van der Waals surface area contributed by atoms with E-state index in [-0.39, 0.29) is 11.5 Å². The summed E-state index contributed by atoms with van der Waals surface area (Å²) in [6.45, 7) is 6.48. The number of hydrazine groups is 1. The molecule has 1 aromatic rings. The van der Waals surface area contributed by atoms with Crippen LogP contribution in [0.15, 0.2) is 22.8 Å². The molecule has 0 radical (unpaired) electrons. The van der Waals surface area contributed by atoms with Gasteiger partial charge in [-0.15, -0.1) is 0 Å². The van der Waals surface area contributed by atoms with Gasteiger partial charge in [0.15, 0.2) is 0 Å². The van der Waals surface area contributed by atoms with E-state index in [2.05, 4.69) is 26.2 Å². The summed E-state index contributed by atoms with van der Waals surface area (Å²) in [5.41, 5.74) is 2.91. The molecule has 0 aliphatic carbocycles. The molecule has 0 saturated heterocycles. The maximum Gasteiger partial charge on any atom is 0.122 e. The summed E-state index contributed by atoms with van der Waals surface area (Å²) in [7, 11) is 0. The van der Waals surface area contributed by atoms with Crippen molar-refractivity contribution in [3.8, 4) is 0 Å². The summed E-state index contributed by atoms with van der Waals surface area (Å²) in [5.74, 6) is 6.41. The van der Waals surface area contributed by atoms with Gasteiger partial charge >= 0.3 is 0 Å². The molecule has 74 valence electrons. The Labute approximate surface area is 79.3 Å². The Morgan fingerprint density at radius 1 is 1.62 bits per heavy atom. The van der Waals surface area contributed by atoms with Crippen LogP contribution < -0.4 is 11.3 Å². The molecule has 13 heavy (non-hydrogen) atoms. The molecule has 0 fully saturated rings. The first-order chi connectivity index (χ1) is 6.11. The lowest BCUT2D eigenvalue weighted by Gasteiger charge is -2.31. The molecule has 1 unspecified atom stereocenters. The number of furan rings is 1. The van der Waals surface area contributed by atoms with Gasteiger partial charge in [0.2, 0.25) is 0 Å². The Morgan fingerprint density at radius 3 is 2.69 bits per heavy atom. The Bertz CT molecular complexity index is 241. The van der Waals surface area contributed by atoms with Gasteiger partial charge in [0.1, 0.15) is 5.76 Å². The van der Waals surface area contributed by atoms with Gasteiger partial charge in [-0.1, -0.05) is 20.8 Å². The van der Waals surface area contributed by atoms with E-state index in [4.69, 9.17) is 10.3 Å². The molecule has 3 N–H and O–H groups in total. The van der Waals surface area contributed by atoms with E-state index >= 15 is 0 Å². The van der Waals surface area contributed by atoms with E-state index in [0.29, 0.717) is 0 Å². The van der Waals surface area contributed by atoms with Crippen LogP contribution in [0.4, 0.5) is 0 Å². The summed E-state index contributed by atoms with van der Waals surface area (Å²) in [5, 5.41) is 0. The van der Waals surface area contributed by atoms with Crippen molar-refractivity contribution in [2.24, 2.45) is 11.3 Å². The summed E-state index contributed by atoms with van der Waals surface area (Å²) < 4.78 is 5.33. The van der Waals surface area contributed by atoms with Crippen LogP contribution in [0, 0.1) is 5.41 Å². The fraction of sp³-hybridized carbons (Fsp3) is 0.600. The van der Waals surface area contributed by atoms with Crippen molar-refractivity contribution in [3.63, 3.8) is 0 Å². The minimum Gasteiger partial charge on any atom is -0.468 e. The first-order valence-electron chi connectivity index (χ1n) is 4.61. The highest BCUT2D eigenvalue weighted by atomic mass is 16.3. The molecule has 3 nitrogen and oxygen atoms in total. The van der Waals surface area contributed by atoms with Crippen molar-refractivity contribution < 1.29 is 4.42 Å². The second kappa shape index (κ2) is 3.94. The van der Waals surface area contributed by atoms with Gasteiger partial charge in [0, 0.05) is 0 Å². The molecule has 3 heteroatoms. The number of nitrogens with two attached hydrogens (primary N) is 1. The number of hydrogen-bond acceptors (Lipinski definition) is 3. The van der Waals surface area contributed by atoms with Gasteiger partial charge < -0.3 is 4.42 Å². The molecular formula is C10H18N2O. The van der Waals surface area contributed by atoms with Crippen LogP contribution in [0.1, 0.15) is 39.0 Å². The Morgan fingerprint density at radius 2 is 2.31 bits per heavy atom. The minimum absolute atomic E-state index is 0.0764. The molecule has 0 amide bonds. The highest BCUT2D eigenvalue weighted by Gasteiger charge is 2.29. The van der Waals surface area contributed by atoms with Gasteiger partial charge in [-0.3, -0.25) is 5.84 Å². The summed E-state index contributed by atoms with van der Waals surface area (Å²) in [6, 6.07) is 3.90. The van der Waals surface area contributed by atoms with E-state index in [1.165, 1.54) is 0 Å². The Hall–Kier alpha value is -0.800. The zero-order valence-electron chi connectivity index (χ0n) is 8.50. The molecule has 1 aromatic heterocycles. The zero-order chi connectivity index (χ0) is 9.90. The first kappa shape index (κ1) is 10.3. The quantitative estimate of drug-likeness (QED) is 0.554. The van der Waals surface area contributed by atoms with Crippen molar-refractivity contribution in [3.05, 3.63) is 24.2 Å². The SMILES string of the molecule is CCC(C)(C)C(NN)c1ccco1. The van der Waals surface area contributed by atoms with Crippen molar-refractivity contribution in [2.45, 2.75) is 33.2 Å². The predicted octanol–water partition coefficient (Wildman–Crippen LogP) is 2.22. The molecule has 0 spiro atoms. The van der Waals surface area contributed by atoms with Gasteiger partial charge in [-0.05, 0) is 24.0 Å². The minimum atomic E-state index is 0.0764. The van der Waals surface area contributed by atoms with Crippen LogP contribution in [0.3, 0.4) is 0 Å². The molecule has 1 heterocycles. The third-order valence-electron chi connectivity index (χ3n) is 2.69. The second-order valence-electron chi connectivity index (χ2n) is 3.96. The van der Waals surface area contributed by atoms with Crippen LogP contribution in [0.5, 0.6) is 0 Å². The van der Waals surface area contributed by atoms with Crippen LogP contribution >= 0.6 is 0 Å². The highest BCUT2D eigenvalue weighted by molar-refractivity contribution is 5.07. The van der Waals surface area contributed by atoms with E-state index in [1.807, 2.05) is 12.1 Å². The van der Waals surface area contributed by atoms with Crippen molar-refractivity contribution in [1.82, 2.24) is 5.43 Å². The molecule has 0 aliphatic heterocycles. The molecule has 0 bridgehead atoms. The molecule has 1 atom stereocenters. The van der Waals surface area contributed by atoms with Gasteiger partial charge in [-0.25, -0.2) is 5.43 Å². The number of nitrogens with one attached hydrogen (secondary N) is 1. The van der Waals surface area contributed by atoms with Crippen LogP contribution in [0.2, 0.25) is 0 Å². The van der Waals surface area contributed by atoms with Crippen molar-refractivity contribution in [2.75, 3.05) is 0 Å². The third kappa shape index (κ3) is 2.11. The van der Waals surface area contributed by atoms with Crippen molar-refractivity contribution >= 4 is 0 Å². The molecule has 1 rings (SSSR count). The van der Waals surface area contributed by atoms with E-state index in [0.717, 1.165) is 12.2 Å². The van der Waals surface area contributed by atoms with Crippen LogP contribution in [-0.4, -0.2) is 0 Å². The maximum atomic E-state index is 5.52. The lowest BCUT2D eigenvalue weighted by Crippen LogP contribution is -2.37. The molecule has 0 aromatic carbocycles. The van der Waals surface area contributed by atoms with E-state index < -0.39 is 0 Å². The summed E-state index contributed by atoms with van der Waals surface area (Å²) in [6.07, 6.45) is 2.72. The van der Waals surface area contributed by atoms with E-state index in [1.54, 1.807) is 6.26 Å². The second-order valence-corrected chi connectivity index (χ2v) is 3.96. The lowest BCUT2D eigenvalue weighted by molar-refractivity contribution is 0.207. The number of hydrogen-bond donors (Lipinski definition) is 2. The van der Waals surface area contributed by atoms with Gasteiger partial charge in [0.25, 0.3) is 0 Å². The molecule has 0 saturated carbocycles. The predicted molar refractivity (Wildman–Crippen MR) is 52.8 cm³/mol. The van der Waals surface area contributed by atoms with Gasteiger partial charge in [-0.2, -0.15) is 0 Å².